The third kappa shape index (κ3) is 4.51. The van der Waals surface area contributed by atoms with Gasteiger partial charge in [0, 0.05) is 30.9 Å². The first-order valence-electron chi connectivity index (χ1n) is 10.8. The van der Waals surface area contributed by atoms with Crippen molar-refractivity contribution in [1.29, 1.82) is 0 Å². The van der Waals surface area contributed by atoms with Crippen LogP contribution in [-0.2, 0) is 4.84 Å². The number of thiazole rings is 1. The van der Waals surface area contributed by atoms with Crippen LogP contribution in [0.25, 0.3) is 21.6 Å². The van der Waals surface area contributed by atoms with Gasteiger partial charge < -0.3 is 14.5 Å². The molecule has 3 aromatic rings. The number of nitrogens with one attached hydrogen (secondary N) is 1. The third-order valence-electron chi connectivity index (χ3n) is 5.74. The number of hydroxylamine groups is 1. The molecular weight excluding hydrogens is 431 g/mol. The molecule has 0 saturated carbocycles. The Balaban J connectivity index is 1.17. The van der Waals surface area contributed by atoms with E-state index in [4.69, 9.17) is 9.57 Å². The van der Waals surface area contributed by atoms with Crippen LogP contribution in [0.15, 0.2) is 35.5 Å². The van der Waals surface area contributed by atoms with E-state index >= 15 is 0 Å². The zero-order valence-corrected chi connectivity index (χ0v) is 18.8. The number of aromatic nitrogens is 3. The molecule has 10 heteroatoms. The summed E-state index contributed by atoms with van der Waals surface area (Å²) in [6.07, 6.45) is 3.48. The van der Waals surface area contributed by atoms with Crippen LogP contribution >= 0.6 is 11.3 Å². The van der Waals surface area contributed by atoms with E-state index in [1.807, 2.05) is 12.1 Å². The molecule has 5 rings (SSSR count). The molecule has 0 radical (unpaired) electrons. The smallest absolute Gasteiger partial charge is 0.309 e. The van der Waals surface area contributed by atoms with Crippen LogP contribution < -0.4 is 10.2 Å². The van der Waals surface area contributed by atoms with Crippen LogP contribution in [0.5, 0.6) is 5.19 Å². The summed E-state index contributed by atoms with van der Waals surface area (Å²) >= 11 is 1.41. The minimum absolute atomic E-state index is 0.0248. The van der Waals surface area contributed by atoms with Crippen LogP contribution in [0.1, 0.15) is 26.7 Å². The van der Waals surface area contributed by atoms with E-state index in [2.05, 4.69) is 44.2 Å². The molecule has 3 aromatic heterocycles. The molecule has 0 aromatic carbocycles. The number of hydrogen-bond acceptors (Lipinski definition) is 9. The van der Waals surface area contributed by atoms with Gasteiger partial charge in [-0.2, -0.15) is 4.39 Å². The Morgan fingerprint density at radius 2 is 2.09 bits per heavy atom. The maximum atomic E-state index is 13.4. The number of amidine groups is 1. The first kappa shape index (κ1) is 21.0. The van der Waals surface area contributed by atoms with Crippen molar-refractivity contribution >= 4 is 27.7 Å². The molecule has 1 N–H and O–H groups in total. The van der Waals surface area contributed by atoms with Crippen molar-refractivity contribution in [2.45, 2.75) is 32.9 Å². The summed E-state index contributed by atoms with van der Waals surface area (Å²) in [5, 5.41) is 0.612. The summed E-state index contributed by atoms with van der Waals surface area (Å²) in [6.45, 7) is 6.65. The van der Waals surface area contributed by atoms with E-state index in [0.717, 1.165) is 36.3 Å². The highest BCUT2D eigenvalue weighted by Gasteiger charge is 2.29. The molecule has 1 saturated heterocycles. The van der Waals surface area contributed by atoms with Gasteiger partial charge in [-0.25, -0.2) is 19.9 Å². The fourth-order valence-corrected chi connectivity index (χ4v) is 4.58. The van der Waals surface area contributed by atoms with E-state index in [1.165, 1.54) is 23.6 Å². The summed E-state index contributed by atoms with van der Waals surface area (Å²) in [5.41, 5.74) is 5.14. The molecular formula is C22H25FN6O2S. The van der Waals surface area contributed by atoms with Crippen LogP contribution in [0.3, 0.4) is 0 Å². The molecule has 0 amide bonds. The number of ether oxygens (including phenoxy) is 1. The molecule has 0 spiro atoms. The average molecular weight is 457 g/mol. The van der Waals surface area contributed by atoms with Crippen molar-refractivity contribution in [2.75, 3.05) is 19.7 Å². The molecule has 8 nitrogen and oxygen atoms in total. The lowest BCUT2D eigenvalue weighted by Gasteiger charge is -2.31. The summed E-state index contributed by atoms with van der Waals surface area (Å²) < 4.78 is 19.4. The number of piperidine rings is 1. The number of aliphatic imine (C=N–C) groups is 1. The lowest BCUT2D eigenvalue weighted by molar-refractivity contribution is 0.114. The number of pyridine rings is 2. The van der Waals surface area contributed by atoms with Crippen molar-refractivity contribution < 1.29 is 14.0 Å². The Morgan fingerprint density at radius 1 is 1.25 bits per heavy atom. The minimum Gasteiger partial charge on any atom is -0.470 e. The van der Waals surface area contributed by atoms with Gasteiger partial charge in [0.1, 0.15) is 16.5 Å². The van der Waals surface area contributed by atoms with Crippen LogP contribution in [0.4, 0.5) is 4.39 Å². The Morgan fingerprint density at radius 3 is 2.84 bits per heavy atom. The van der Waals surface area contributed by atoms with Gasteiger partial charge in [-0.15, -0.1) is 5.48 Å². The van der Waals surface area contributed by atoms with Gasteiger partial charge in [0.25, 0.3) is 5.19 Å². The van der Waals surface area contributed by atoms with Gasteiger partial charge in [0.15, 0.2) is 0 Å². The highest BCUT2D eigenvalue weighted by Crippen LogP contribution is 2.30. The first-order valence-corrected chi connectivity index (χ1v) is 11.6. The van der Waals surface area contributed by atoms with Gasteiger partial charge in [-0.05, 0) is 42.9 Å². The van der Waals surface area contributed by atoms with Crippen LogP contribution in [0, 0.1) is 17.8 Å². The highest BCUT2D eigenvalue weighted by molar-refractivity contribution is 7.19. The monoisotopic (exact) mass is 456 g/mol. The Bertz CT molecular complexity index is 1130. The van der Waals surface area contributed by atoms with Gasteiger partial charge in [-0.1, -0.05) is 25.2 Å². The van der Waals surface area contributed by atoms with Crippen molar-refractivity contribution in [3.8, 4) is 16.5 Å². The molecule has 0 aliphatic carbocycles. The average Bonchev–Trinajstić information content (AvgIpc) is 3.45. The summed E-state index contributed by atoms with van der Waals surface area (Å²) in [4.78, 5) is 25.9. The molecule has 5 heterocycles. The maximum Gasteiger partial charge on any atom is 0.309 e. The molecule has 1 atom stereocenters. The fraction of sp³-hybridized carbons (Fsp3) is 0.455. The van der Waals surface area contributed by atoms with Crippen molar-refractivity contribution in [1.82, 2.24) is 25.3 Å². The Kier molecular flexibility index (Phi) is 5.88. The molecule has 32 heavy (non-hydrogen) atoms. The second-order valence-electron chi connectivity index (χ2n) is 8.43. The molecule has 2 aliphatic heterocycles. The number of nitrogens with zero attached hydrogens (tertiary/aromatic N) is 5. The molecule has 168 valence electrons. The van der Waals surface area contributed by atoms with Crippen molar-refractivity contribution in [3.63, 3.8) is 0 Å². The molecule has 2 aliphatic rings. The van der Waals surface area contributed by atoms with Gasteiger partial charge in [0.05, 0.1) is 12.3 Å². The fourth-order valence-electron chi connectivity index (χ4n) is 3.78. The number of likely N-dealkylation sites (tertiary alicyclic amines) is 1. The normalized spacial score (nSPS) is 19.4. The quantitative estimate of drug-likeness (QED) is 0.584. The number of rotatable bonds is 5. The first-order chi connectivity index (χ1) is 15.5. The van der Waals surface area contributed by atoms with Gasteiger partial charge in [-0.3, -0.25) is 0 Å². The Labute approximate surface area is 189 Å². The standard InChI is InChI=1S/C22H25FN6O2S/c1-13(2)19-27-21(31-28-19)29-9-6-14(7-10-29)12-30-22-26-17-4-3-16(25-20(17)32-22)15-5-8-24-18(23)11-15/h3-5,8,11,13-14,19,28H,6-7,9-10,12H2,1-2H3. The van der Waals surface area contributed by atoms with E-state index in [0.29, 0.717) is 40.9 Å². The van der Waals surface area contributed by atoms with Gasteiger partial charge >= 0.3 is 6.02 Å². The SMILES string of the molecule is CC(C)C1N=C(N2CCC(COc3nc4ccc(-c5ccnc(F)c5)nc4s3)CC2)ON1. The maximum absolute atomic E-state index is 13.4. The van der Waals surface area contributed by atoms with E-state index in [1.54, 1.807) is 6.07 Å². The number of fused-ring (bicyclic) bond motifs is 1. The lowest BCUT2D eigenvalue weighted by atomic mass is 9.98. The van der Waals surface area contributed by atoms with Crippen LogP contribution in [-0.4, -0.2) is 51.7 Å². The van der Waals surface area contributed by atoms with E-state index in [-0.39, 0.29) is 6.17 Å². The predicted octanol–water partition coefficient (Wildman–Crippen LogP) is 3.86. The largest absolute Gasteiger partial charge is 0.470 e. The van der Waals surface area contributed by atoms with Crippen LogP contribution in [0.2, 0.25) is 0 Å². The summed E-state index contributed by atoms with van der Waals surface area (Å²) in [5.74, 6) is 0.326. The number of hydrogen-bond donors (Lipinski definition) is 1. The molecule has 1 fully saturated rings. The minimum atomic E-state index is -0.522. The van der Waals surface area contributed by atoms with E-state index < -0.39 is 5.95 Å². The lowest BCUT2D eigenvalue weighted by Crippen LogP contribution is -2.40. The van der Waals surface area contributed by atoms with Crippen molar-refractivity contribution in [2.24, 2.45) is 16.8 Å². The summed E-state index contributed by atoms with van der Waals surface area (Å²) in [7, 11) is 0. The second-order valence-corrected chi connectivity index (χ2v) is 9.37. The van der Waals surface area contributed by atoms with E-state index in [9.17, 15) is 4.39 Å². The summed E-state index contributed by atoms with van der Waals surface area (Å²) in [6, 6.07) is 7.54. The zero-order valence-electron chi connectivity index (χ0n) is 18.0. The Hall–Kier alpha value is -2.85. The number of halogens is 1. The molecule has 0 bridgehead atoms. The molecule has 1 unspecified atom stereocenters. The third-order valence-corrected chi connectivity index (χ3v) is 6.62. The van der Waals surface area contributed by atoms with Crippen molar-refractivity contribution in [3.05, 3.63) is 36.4 Å². The highest BCUT2D eigenvalue weighted by atomic mass is 32.1. The topological polar surface area (TPSA) is 84.8 Å². The predicted molar refractivity (Wildman–Crippen MR) is 121 cm³/mol. The zero-order chi connectivity index (χ0) is 22.1. The van der Waals surface area contributed by atoms with Gasteiger partial charge in [0.2, 0.25) is 5.95 Å². The second kappa shape index (κ2) is 8.95.